The largest absolute Gasteiger partial charge is 0.394 e. The molecule has 0 fully saturated rings. The highest BCUT2D eigenvalue weighted by Gasteiger charge is 2.22. The van der Waals surface area contributed by atoms with Crippen LogP contribution in [0.3, 0.4) is 0 Å². The summed E-state index contributed by atoms with van der Waals surface area (Å²) in [5.41, 5.74) is 5.09. The minimum atomic E-state index is -1.32. The first-order chi connectivity index (χ1) is 5.13. The van der Waals surface area contributed by atoms with Crippen molar-refractivity contribution in [1.82, 2.24) is 0 Å². The highest BCUT2D eigenvalue weighted by Crippen LogP contribution is 2.02. The van der Waals surface area contributed by atoms with Crippen LogP contribution in [0.25, 0.3) is 0 Å². The molecule has 6 N–H and O–H groups in total. The van der Waals surface area contributed by atoms with Crippen LogP contribution in [-0.2, 0) is 0 Å². The van der Waals surface area contributed by atoms with Crippen molar-refractivity contribution in [2.45, 2.75) is 24.7 Å². The third-order valence-corrected chi connectivity index (χ3v) is 1.44. The highest BCUT2D eigenvalue weighted by atomic mass is 16.4. The Hall–Kier alpha value is -0.200. The Morgan fingerprint density at radius 3 is 2.00 bits per heavy atom. The monoisotopic (exact) mass is 165 g/mol. The maximum Gasteiger partial charge on any atom is 0.108 e. The summed E-state index contributed by atoms with van der Waals surface area (Å²) in [5, 5.41) is 35.2. The molecule has 0 radical (unpaired) electrons. The van der Waals surface area contributed by atoms with Gasteiger partial charge in [0, 0.05) is 0 Å². The van der Waals surface area contributed by atoms with E-state index in [1.54, 1.807) is 0 Å². The molecule has 3 atom stereocenters. The van der Waals surface area contributed by atoms with Gasteiger partial charge in [-0.15, -0.1) is 0 Å². The molecule has 5 nitrogen and oxygen atoms in total. The van der Waals surface area contributed by atoms with Gasteiger partial charge >= 0.3 is 0 Å². The predicted molar refractivity (Wildman–Crippen MR) is 38.8 cm³/mol. The topological polar surface area (TPSA) is 107 Å². The number of rotatable bonds is 5. The number of hydrogen-bond donors (Lipinski definition) is 5. The SMILES string of the molecule is NCCC(O)C(O)C(O)CO. The molecular formula is C6H15NO4. The zero-order valence-electron chi connectivity index (χ0n) is 6.22. The molecule has 0 spiro atoms. The van der Waals surface area contributed by atoms with Crippen LogP contribution in [0, 0.1) is 0 Å². The van der Waals surface area contributed by atoms with Crippen molar-refractivity contribution in [2.75, 3.05) is 13.2 Å². The molecule has 0 aliphatic heterocycles. The van der Waals surface area contributed by atoms with Gasteiger partial charge in [-0.3, -0.25) is 0 Å². The Kier molecular flexibility index (Phi) is 5.35. The molecule has 0 rings (SSSR count). The molecule has 0 bridgehead atoms. The van der Waals surface area contributed by atoms with Crippen LogP contribution in [0.5, 0.6) is 0 Å². The number of nitrogens with two attached hydrogens (primary N) is 1. The molecule has 3 unspecified atom stereocenters. The average Bonchev–Trinajstić information content (AvgIpc) is 2.02. The van der Waals surface area contributed by atoms with E-state index in [0.29, 0.717) is 0 Å². The van der Waals surface area contributed by atoms with E-state index in [4.69, 9.17) is 26.2 Å². The van der Waals surface area contributed by atoms with E-state index in [2.05, 4.69) is 0 Å². The van der Waals surface area contributed by atoms with Gasteiger partial charge in [-0.2, -0.15) is 0 Å². The predicted octanol–water partition coefficient (Wildman–Crippen LogP) is -2.59. The van der Waals surface area contributed by atoms with E-state index >= 15 is 0 Å². The maximum absolute atomic E-state index is 9.02. The number of aliphatic hydroxyl groups excluding tert-OH is 4. The maximum atomic E-state index is 9.02. The summed E-state index contributed by atoms with van der Waals surface area (Å²) in [6.07, 6.45) is -3.47. The van der Waals surface area contributed by atoms with Gasteiger partial charge in [0.15, 0.2) is 0 Å². The lowest BCUT2D eigenvalue weighted by Crippen LogP contribution is -2.40. The van der Waals surface area contributed by atoms with Crippen molar-refractivity contribution in [3.63, 3.8) is 0 Å². The average molecular weight is 165 g/mol. The summed E-state index contributed by atoms with van der Waals surface area (Å²) in [6.45, 7) is -0.334. The van der Waals surface area contributed by atoms with Crippen LogP contribution in [0.2, 0.25) is 0 Å². The van der Waals surface area contributed by atoms with Crippen LogP contribution in [0.15, 0.2) is 0 Å². The fraction of sp³-hybridized carbons (Fsp3) is 1.00. The third kappa shape index (κ3) is 3.64. The fourth-order valence-electron chi connectivity index (χ4n) is 0.706. The summed E-state index contributed by atoms with van der Waals surface area (Å²) < 4.78 is 0. The minimum Gasteiger partial charge on any atom is -0.394 e. The van der Waals surface area contributed by atoms with E-state index in [9.17, 15) is 0 Å². The zero-order chi connectivity index (χ0) is 8.85. The third-order valence-electron chi connectivity index (χ3n) is 1.44. The van der Waals surface area contributed by atoms with Crippen molar-refractivity contribution in [3.05, 3.63) is 0 Å². The minimum absolute atomic E-state index is 0.207. The standard InChI is InChI=1S/C6H15NO4/c7-2-1-4(9)6(11)5(10)3-8/h4-6,8-11H,1-3,7H2. The second kappa shape index (κ2) is 5.45. The molecular weight excluding hydrogens is 150 g/mol. The Balaban J connectivity index is 3.70. The van der Waals surface area contributed by atoms with Gasteiger partial charge in [-0.25, -0.2) is 0 Å². The molecule has 0 aliphatic rings. The van der Waals surface area contributed by atoms with E-state index < -0.39 is 24.9 Å². The fourth-order valence-corrected chi connectivity index (χ4v) is 0.706. The molecule has 0 aliphatic carbocycles. The second-order valence-corrected chi connectivity index (χ2v) is 2.39. The normalized spacial score (nSPS) is 19.4. The van der Waals surface area contributed by atoms with Crippen LogP contribution in [0.1, 0.15) is 6.42 Å². The van der Waals surface area contributed by atoms with Gasteiger partial charge in [-0.1, -0.05) is 0 Å². The van der Waals surface area contributed by atoms with Gasteiger partial charge in [-0.05, 0) is 13.0 Å². The summed E-state index contributed by atoms with van der Waals surface area (Å²) in [5.74, 6) is 0. The highest BCUT2D eigenvalue weighted by molar-refractivity contribution is 4.74. The van der Waals surface area contributed by atoms with Crippen molar-refractivity contribution in [1.29, 1.82) is 0 Å². The smallest absolute Gasteiger partial charge is 0.108 e. The molecule has 11 heavy (non-hydrogen) atoms. The Morgan fingerprint density at radius 1 is 1.09 bits per heavy atom. The summed E-state index contributed by atoms with van der Waals surface area (Å²) >= 11 is 0. The molecule has 0 aromatic heterocycles. The van der Waals surface area contributed by atoms with Gasteiger partial charge in [0.2, 0.25) is 0 Å². The van der Waals surface area contributed by atoms with Gasteiger partial charge in [0.05, 0.1) is 12.7 Å². The Bertz CT molecular complexity index is 101. The number of hydrogen-bond acceptors (Lipinski definition) is 5. The van der Waals surface area contributed by atoms with Gasteiger partial charge < -0.3 is 26.2 Å². The second-order valence-electron chi connectivity index (χ2n) is 2.39. The lowest BCUT2D eigenvalue weighted by Gasteiger charge is -2.20. The van der Waals surface area contributed by atoms with Crippen molar-refractivity contribution >= 4 is 0 Å². The van der Waals surface area contributed by atoms with Gasteiger partial charge in [0.1, 0.15) is 12.2 Å². The van der Waals surface area contributed by atoms with Crippen LogP contribution in [-0.4, -0.2) is 51.9 Å². The van der Waals surface area contributed by atoms with Crippen LogP contribution in [0.4, 0.5) is 0 Å². The van der Waals surface area contributed by atoms with Crippen LogP contribution >= 0.6 is 0 Å². The molecule has 68 valence electrons. The van der Waals surface area contributed by atoms with E-state index in [1.165, 1.54) is 0 Å². The molecule has 0 aromatic rings. The van der Waals surface area contributed by atoms with E-state index in [0.717, 1.165) is 0 Å². The van der Waals surface area contributed by atoms with Crippen molar-refractivity contribution < 1.29 is 20.4 Å². The molecule has 0 saturated carbocycles. The zero-order valence-corrected chi connectivity index (χ0v) is 6.22. The van der Waals surface area contributed by atoms with E-state index in [1.807, 2.05) is 0 Å². The van der Waals surface area contributed by atoms with E-state index in [-0.39, 0.29) is 13.0 Å². The van der Waals surface area contributed by atoms with Crippen LogP contribution < -0.4 is 5.73 Å². The summed E-state index contributed by atoms with van der Waals surface area (Å²) in [6, 6.07) is 0. The molecule has 0 amide bonds. The summed E-state index contributed by atoms with van der Waals surface area (Å²) in [4.78, 5) is 0. The first-order valence-electron chi connectivity index (χ1n) is 3.48. The lowest BCUT2D eigenvalue weighted by molar-refractivity contribution is -0.0773. The lowest BCUT2D eigenvalue weighted by atomic mass is 10.1. The van der Waals surface area contributed by atoms with Crippen molar-refractivity contribution in [2.24, 2.45) is 5.73 Å². The molecule has 0 aromatic carbocycles. The Morgan fingerprint density at radius 2 is 1.64 bits per heavy atom. The van der Waals surface area contributed by atoms with Crippen molar-refractivity contribution in [3.8, 4) is 0 Å². The first-order valence-corrected chi connectivity index (χ1v) is 3.48. The summed E-state index contributed by atoms with van der Waals surface area (Å²) in [7, 11) is 0. The quantitative estimate of drug-likeness (QED) is 0.307. The first kappa shape index (κ1) is 10.8. The molecule has 0 saturated heterocycles. The molecule has 0 heterocycles. The Labute approximate surface area is 65.1 Å². The number of aliphatic hydroxyl groups is 4. The van der Waals surface area contributed by atoms with Gasteiger partial charge in [0.25, 0.3) is 0 Å². The molecule has 5 heteroatoms.